The summed E-state index contributed by atoms with van der Waals surface area (Å²) in [6.45, 7) is 4.24. The number of aliphatic carboxylic acids is 1. The highest BCUT2D eigenvalue weighted by atomic mass is 16.5. The van der Waals surface area contributed by atoms with Gasteiger partial charge in [-0.05, 0) is 49.9 Å². The van der Waals surface area contributed by atoms with Gasteiger partial charge in [0.2, 0.25) is 0 Å². The quantitative estimate of drug-likeness (QED) is 0.868. The van der Waals surface area contributed by atoms with Crippen LogP contribution in [0.15, 0.2) is 24.3 Å². The van der Waals surface area contributed by atoms with Gasteiger partial charge in [0, 0.05) is 19.0 Å². The van der Waals surface area contributed by atoms with Gasteiger partial charge in [-0.15, -0.1) is 0 Å². The van der Waals surface area contributed by atoms with Gasteiger partial charge in [-0.1, -0.05) is 12.1 Å². The van der Waals surface area contributed by atoms with Crippen molar-refractivity contribution in [2.45, 2.75) is 32.2 Å². The molecule has 2 atom stereocenters. The van der Waals surface area contributed by atoms with Gasteiger partial charge in [0.25, 0.3) is 0 Å². The number of likely N-dealkylation sites (tertiary alicyclic amines) is 1. The Morgan fingerprint density at radius 1 is 1.55 bits per heavy atom. The number of ether oxygens (including phenoxy) is 1. The molecular formula is C16H23NO3. The van der Waals surface area contributed by atoms with Crippen molar-refractivity contribution in [1.82, 2.24) is 4.90 Å². The summed E-state index contributed by atoms with van der Waals surface area (Å²) in [5, 5.41) is 8.76. The van der Waals surface area contributed by atoms with Crippen LogP contribution in [0.2, 0.25) is 0 Å². The van der Waals surface area contributed by atoms with E-state index in [1.807, 2.05) is 12.1 Å². The number of rotatable bonds is 6. The third kappa shape index (κ3) is 3.73. The minimum absolute atomic E-state index is 0.284. The Bertz CT molecular complexity index is 461. The number of nitrogens with zero attached hydrogens (tertiary/aromatic N) is 1. The summed E-state index contributed by atoms with van der Waals surface area (Å²) < 4.78 is 5.27. The van der Waals surface area contributed by atoms with Gasteiger partial charge in [0.1, 0.15) is 5.75 Å². The van der Waals surface area contributed by atoms with Gasteiger partial charge in [-0.2, -0.15) is 0 Å². The highest BCUT2D eigenvalue weighted by Gasteiger charge is 2.27. The molecule has 0 aliphatic carbocycles. The summed E-state index contributed by atoms with van der Waals surface area (Å²) in [5.74, 6) is 0.708. The molecule has 0 aromatic heterocycles. The monoisotopic (exact) mass is 277 g/mol. The first kappa shape index (κ1) is 14.9. The molecule has 2 unspecified atom stereocenters. The molecule has 4 nitrogen and oxygen atoms in total. The van der Waals surface area contributed by atoms with Crippen LogP contribution < -0.4 is 4.74 Å². The maximum absolute atomic E-state index is 10.6. The second-order valence-corrected chi connectivity index (χ2v) is 5.53. The molecule has 0 spiro atoms. The Balaban J connectivity index is 1.93. The highest BCUT2D eigenvalue weighted by Crippen LogP contribution is 2.30. The minimum atomic E-state index is -0.690. The Hall–Kier alpha value is -1.55. The fourth-order valence-corrected chi connectivity index (χ4v) is 2.89. The molecule has 1 saturated heterocycles. The summed E-state index contributed by atoms with van der Waals surface area (Å²) in [4.78, 5) is 13.1. The number of carbonyl (C=O) groups is 1. The van der Waals surface area contributed by atoms with Crippen LogP contribution in [0.1, 0.15) is 37.8 Å². The van der Waals surface area contributed by atoms with Crippen LogP contribution in [0.25, 0.3) is 0 Å². The molecule has 0 radical (unpaired) electrons. The van der Waals surface area contributed by atoms with Crippen molar-refractivity contribution < 1.29 is 14.6 Å². The van der Waals surface area contributed by atoms with E-state index in [4.69, 9.17) is 9.84 Å². The zero-order valence-electron chi connectivity index (χ0n) is 12.2. The maximum Gasteiger partial charge on any atom is 0.303 e. The van der Waals surface area contributed by atoms with E-state index in [1.165, 1.54) is 5.56 Å². The van der Waals surface area contributed by atoms with Gasteiger partial charge in [0.05, 0.1) is 7.11 Å². The third-order valence-corrected chi connectivity index (χ3v) is 4.21. The van der Waals surface area contributed by atoms with Gasteiger partial charge >= 0.3 is 5.97 Å². The predicted octanol–water partition coefficient (Wildman–Crippen LogP) is 2.94. The van der Waals surface area contributed by atoms with Crippen molar-refractivity contribution >= 4 is 5.97 Å². The molecule has 1 fully saturated rings. The maximum atomic E-state index is 10.6. The van der Waals surface area contributed by atoms with Crippen LogP contribution in [0.5, 0.6) is 5.75 Å². The summed E-state index contributed by atoms with van der Waals surface area (Å²) in [7, 11) is 1.68. The standard InChI is InChI=1S/C16H23NO3/c1-12(14-4-3-5-15(10-14)20-2)17-9-8-13(11-17)6-7-16(18)19/h3-5,10,12-13H,6-9,11H2,1-2H3,(H,18,19). The zero-order valence-corrected chi connectivity index (χ0v) is 12.2. The van der Waals surface area contributed by atoms with Crippen molar-refractivity contribution in [2.24, 2.45) is 5.92 Å². The molecule has 1 aromatic carbocycles. The fraction of sp³-hybridized carbons (Fsp3) is 0.562. The molecule has 4 heteroatoms. The van der Waals surface area contributed by atoms with E-state index in [0.717, 1.165) is 31.7 Å². The van der Waals surface area contributed by atoms with Crippen LogP contribution in [0, 0.1) is 5.92 Å². The van der Waals surface area contributed by atoms with Crippen molar-refractivity contribution in [2.75, 3.05) is 20.2 Å². The average Bonchev–Trinajstić information content (AvgIpc) is 2.93. The normalized spacial score (nSPS) is 20.8. The molecule has 1 aromatic rings. The first-order chi connectivity index (χ1) is 9.60. The smallest absolute Gasteiger partial charge is 0.303 e. The van der Waals surface area contributed by atoms with E-state index >= 15 is 0 Å². The van der Waals surface area contributed by atoms with E-state index in [1.54, 1.807) is 7.11 Å². The van der Waals surface area contributed by atoms with Crippen LogP contribution in [-0.4, -0.2) is 36.2 Å². The zero-order chi connectivity index (χ0) is 14.5. The van der Waals surface area contributed by atoms with Crippen LogP contribution >= 0.6 is 0 Å². The van der Waals surface area contributed by atoms with Crippen molar-refractivity contribution in [1.29, 1.82) is 0 Å². The summed E-state index contributed by atoms with van der Waals surface area (Å²) in [6, 6.07) is 8.52. The number of methoxy groups -OCH3 is 1. The molecule has 1 aliphatic rings. The van der Waals surface area contributed by atoms with Crippen molar-refractivity contribution in [3.05, 3.63) is 29.8 Å². The minimum Gasteiger partial charge on any atom is -0.497 e. The average molecular weight is 277 g/mol. The first-order valence-corrected chi connectivity index (χ1v) is 7.20. The van der Waals surface area contributed by atoms with Crippen LogP contribution in [0.3, 0.4) is 0 Å². The Morgan fingerprint density at radius 2 is 2.35 bits per heavy atom. The van der Waals surface area contributed by atoms with Crippen LogP contribution in [0.4, 0.5) is 0 Å². The van der Waals surface area contributed by atoms with Gasteiger partial charge in [0.15, 0.2) is 0 Å². The second kappa shape index (κ2) is 6.75. The lowest BCUT2D eigenvalue weighted by molar-refractivity contribution is -0.137. The van der Waals surface area contributed by atoms with Crippen molar-refractivity contribution in [3.63, 3.8) is 0 Å². The lowest BCUT2D eigenvalue weighted by atomic mass is 10.0. The topological polar surface area (TPSA) is 49.8 Å². The second-order valence-electron chi connectivity index (χ2n) is 5.53. The summed E-state index contributed by atoms with van der Waals surface area (Å²) >= 11 is 0. The van der Waals surface area contributed by atoms with Gasteiger partial charge in [-0.25, -0.2) is 0 Å². The molecular weight excluding hydrogens is 254 g/mol. The predicted molar refractivity (Wildman–Crippen MR) is 78.0 cm³/mol. The van der Waals surface area contributed by atoms with E-state index < -0.39 is 5.97 Å². The first-order valence-electron chi connectivity index (χ1n) is 7.20. The number of hydrogen-bond acceptors (Lipinski definition) is 3. The fourth-order valence-electron chi connectivity index (χ4n) is 2.89. The van der Waals surface area contributed by atoms with E-state index in [2.05, 4.69) is 24.0 Å². The molecule has 0 amide bonds. The number of benzene rings is 1. The SMILES string of the molecule is COc1cccc(C(C)N2CCC(CCC(=O)O)C2)c1. The molecule has 20 heavy (non-hydrogen) atoms. The number of carboxylic acid groups (broad SMARTS) is 1. The number of hydrogen-bond donors (Lipinski definition) is 1. The molecule has 2 rings (SSSR count). The highest BCUT2D eigenvalue weighted by molar-refractivity contribution is 5.66. The van der Waals surface area contributed by atoms with Gasteiger partial charge in [-0.3, -0.25) is 9.69 Å². The van der Waals surface area contributed by atoms with E-state index in [9.17, 15) is 4.79 Å². The Labute approximate surface area is 120 Å². The van der Waals surface area contributed by atoms with Crippen molar-refractivity contribution in [3.8, 4) is 5.75 Å². The Morgan fingerprint density at radius 3 is 3.05 bits per heavy atom. The third-order valence-electron chi connectivity index (χ3n) is 4.21. The lowest BCUT2D eigenvalue weighted by Crippen LogP contribution is -2.24. The van der Waals surface area contributed by atoms with E-state index in [-0.39, 0.29) is 6.42 Å². The van der Waals surface area contributed by atoms with Gasteiger partial charge < -0.3 is 9.84 Å². The molecule has 1 N–H and O–H groups in total. The molecule has 0 saturated carbocycles. The number of carboxylic acids is 1. The summed E-state index contributed by atoms with van der Waals surface area (Å²) in [6.07, 6.45) is 2.17. The molecule has 1 aliphatic heterocycles. The van der Waals surface area contributed by atoms with E-state index in [0.29, 0.717) is 12.0 Å². The molecule has 0 bridgehead atoms. The molecule has 110 valence electrons. The molecule has 1 heterocycles. The summed E-state index contributed by atoms with van der Waals surface area (Å²) in [5.41, 5.74) is 1.25. The largest absolute Gasteiger partial charge is 0.497 e. The van der Waals surface area contributed by atoms with Crippen LogP contribution in [-0.2, 0) is 4.79 Å². The lowest BCUT2D eigenvalue weighted by Gasteiger charge is -2.25. The Kier molecular flexibility index (Phi) is 5.01.